The van der Waals surface area contributed by atoms with Gasteiger partial charge in [-0.1, -0.05) is 34.1 Å². The molecule has 26 heavy (non-hydrogen) atoms. The quantitative estimate of drug-likeness (QED) is 0.612. The Morgan fingerprint density at radius 3 is 2.35 bits per heavy atom. The molecule has 8 heteroatoms. The lowest BCUT2D eigenvalue weighted by Crippen LogP contribution is -2.22. The fourth-order valence-corrected chi connectivity index (χ4v) is 2.86. The first-order chi connectivity index (χ1) is 12.3. The zero-order chi connectivity index (χ0) is 18.9. The van der Waals surface area contributed by atoms with E-state index in [1.165, 1.54) is 10.6 Å². The molecule has 0 unspecified atom stereocenters. The highest BCUT2D eigenvalue weighted by atomic mass is 79.9. The Morgan fingerprint density at radius 2 is 1.69 bits per heavy atom. The summed E-state index contributed by atoms with van der Waals surface area (Å²) < 4.78 is 40.6. The topological polar surface area (TPSA) is 51.1 Å². The van der Waals surface area contributed by atoms with Gasteiger partial charge in [-0.2, -0.15) is 13.2 Å². The number of amides is 1. The van der Waals surface area contributed by atoms with Crippen molar-refractivity contribution in [1.82, 2.24) is 4.57 Å². The summed E-state index contributed by atoms with van der Waals surface area (Å²) in [4.78, 5) is 23.9. The highest BCUT2D eigenvalue weighted by molar-refractivity contribution is 9.10. The smallest absolute Gasteiger partial charge is 0.337 e. The van der Waals surface area contributed by atoms with Crippen LogP contribution in [0.5, 0.6) is 0 Å². The lowest BCUT2D eigenvalue weighted by atomic mass is 10.1. The van der Waals surface area contributed by atoms with Crippen LogP contribution in [-0.4, -0.2) is 22.4 Å². The van der Waals surface area contributed by atoms with E-state index in [-0.39, 0.29) is 11.9 Å². The molecule has 0 atom stereocenters. The van der Waals surface area contributed by atoms with E-state index < -0.39 is 23.4 Å². The third kappa shape index (κ3) is 3.80. The second kappa shape index (κ2) is 6.95. The summed E-state index contributed by atoms with van der Waals surface area (Å²) in [6.07, 6.45) is -3.91. The number of hydrogen-bond acceptors (Lipinski definition) is 2. The van der Waals surface area contributed by atoms with Crippen molar-refractivity contribution in [3.63, 3.8) is 0 Å². The third-order valence-electron chi connectivity index (χ3n) is 3.73. The molecule has 0 radical (unpaired) electrons. The fraction of sp³-hybridized carbons (Fsp3) is 0.111. The van der Waals surface area contributed by atoms with E-state index in [1.54, 1.807) is 42.5 Å². The van der Waals surface area contributed by atoms with Crippen LogP contribution in [0.4, 0.5) is 18.9 Å². The van der Waals surface area contributed by atoms with Crippen LogP contribution >= 0.6 is 15.9 Å². The van der Waals surface area contributed by atoms with E-state index in [0.29, 0.717) is 11.2 Å². The van der Waals surface area contributed by atoms with Gasteiger partial charge in [0.2, 0.25) is 5.91 Å². The van der Waals surface area contributed by atoms with Crippen molar-refractivity contribution in [3.8, 4) is 0 Å². The number of para-hydroxylation sites is 1. The first-order valence-corrected chi connectivity index (χ1v) is 8.30. The van der Waals surface area contributed by atoms with Gasteiger partial charge in [0.1, 0.15) is 6.54 Å². The highest BCUT2D eigenvalue weighted by Gasteiger charge is 2.40. The third-order valence-corrected chi connectivity index (χ3v) is 4.26. The van der Waals surface area contributed by atoms with Crippen LogP contribution in [0.15, 0.2) is 59.2 Å². The predicted octanol–water partition coefficient (Wildman–Crippen LogP) is 4.79. The van der Waals surface area contributed by atoms with Gasteiger partial charge in [-0.25, -0.2) is 0 Å². The summed E-state index contributed by atoms with van der Waals surface area (Å²) >= 11 is 3.28. The molecule has 3 rings (SSSR count). The van der Waals surface area contributed by atoms with E-state index >= 15 is 0 Å². The summed E-state index contributed by atoms with van der Waals surface area (Å²) in [5, 5.41) is 2.82. The summed E-state index contributed by atoms with van der Waals surface area (Å²) in [5.41, 5.74) is 0.469. The Kier molecular flexibility index (Phi) is 4.86. The molecule has 1 amide bonds. The number of carbonyl (C=O) groups is 2. The molecule has 0 bridgehead atoms. The Balaban J connectivity index is 1.89. The summed E-state index contributed by atoms with van der Waals surface area (Å²) in [5.74, 6) is -2.35. The molecule has 1 heterocycles. The molecular weight excluding hydrogens is 413 g/mol. The Morgan fingerprint density at radius 1 is 1.04 bits per heavy atom. The van der Waals surface area contributed by atoms with E-state index in [9.17, 15) is 22.8 Å². The number of fused-ring (bicyclic) bond motifs is 1. The molecule has 0 aliphatic heterocycles. The molecule has 4 nitrogen and oxygen atoms in total. The number of nitrogens with one attached hydrogen (secondary N) is 1. The van der Waals surface area contributed by atoms with Crippen molar-refractivity contribution in [1.29, 1.82) is 0 Å². The number of ketones is 1. The van der Waals surface area contributed by atoms with Gasteiger partial charge in [0.15, 0.2) is 0 Å². The molecule has 0 saturated heterocycles. The summed E-state index contributed by atoms with van der Waals surface area (Å²) in [7, 11) is 0. The summed E-state index contributed by atoms with van der Waals surface area (Å²) in [6, 6.07) is 13.0. The molecule has 2 aromatic carbocycles. The highest BCUT2D eigenvalue weighted by Crippen LogP contribution is 2.28. The van der Waals surface area contributed by atoms with Crippen molar-refractivity contribution in [2.45, 2.75) is 12.7 Å². The van der Waals surface area contributed by atoms with Crippen molar-refractivity contribution in [3.05, 3.63) is 64.8 Å². The number of anilines is 1. The molecular formula is C18H12BrF3N2O2. The lowest BCUT2D eigenvalue weighted by molar-refractivity contribution is -0.116. The zero-order valence-electron chi connectivity index (χ0n) is 13.2. The summed E-state index contributed by atoms with van der Waals surface area (Å²) in [6.45, 7) is -0.221. The second-order valence-electron chi connectivity index (χ2n) is 5.57. The predicted molar refractivity (Wildman–Crippen MR) is 95.1 cm³/mol. The molecule has 0 aliphatic carbocycles. The minimum Gasteiger partial charge on any atom is -0.337 e. The number of halogens is 4. The maximum atomic E-state index is 12.8. The second-order valence-corrected chi connectivity index (χ2v) is 6.49. The SMILES string of the molecule is O=C(Cn1cc(C(=O)C(F)(F)F)c2ccccc21)Nc1ccc(Br)cc1. The molecule has 1 N–H and O–H groups in total. The number of nitrogens with zero attached hydrogens (tertiary/aromatic N) is 1. The van der Waals surface area contributed by atoms with Gasteiger partial charge >= 0.3 is 6.18 Å². The first kappa shape index (κ1) is 18.2. The fourth-order valence-electron chi connectivity index (χ4n) is 2.60. The van der Waals surface area contributed by atoms with Gasteiger partial charge in [0.05, 0.1) is 5.56 Å². The van der Waals surface area contributed by atoms with Gasteiger partial charge in [0, 0.05) is 27.3 Å². The Bertz CT molecular complexity index is 978. The largest absolute Gasteiger partial charge is 0.454 e. The van der Waals surface area contributed by atoms with E-state index in [0.717, 1.165) is 10.7 Å². The zero-order valence-corrected chi connectivity index (χ0v) is 14.8. The lowest BCUT2D eigenvalue weighted by Gasteiger charge is -2.07. The van der Waals surface area contributed by atoms with Gasteiger partial charge in [-0.15, -0.1) is 0 Å². The van der Waals surface area contributed by atoms with Crippen molar-refractivity contribution in [2.75, 3.05) is 5.32 Å². The molecule has 0 aliphatic rings. The van der Waals surface area contributed by atoms with Gasteiger partial charge < -0.3 is 9.88 Å². The number of carbonyl (C=O) groups excluding carboxylic acids is 2. The average molecular weight is 425 g/mol. The van der Waals surface area contributed by atoms with Gasteiger partial charge in [-0.3, -0.25) is 9.59 Å². The maximum absolute atomic E-state index is 12.8. The molecule has 0 saturated carbocycles. The number of alkyl halides is 3. The van der Waals surface area contributed by atoms with Crippen LogP contribution < -0.4 is 5.32 Å². The van der Waals surface area contributed by atoms with Crippen LogP contribution in [0.3, 0.4) is 0 Å². The number of aromatic nitrogens is 1. The van der Waals surface area contributed by atoms with E-state index in [1.807, 2.05) is 0 Å². The number of Topliss-reactive ketones (excluding diaryl/α,β-unsaturated/α-hetero) is 1. The minimum absolute atomic E-state index is 0.159. The molecule has 0 spiro atoms. The average Bonchev–Trinajstić information content (AvgIpc) is 2.94. The van der Waals surface area contributed by atoms with Gasteiger partial charge in [-0.05, 0) is 30.3 Å². The van der Waals surface area contributed by atoms with Crippen LogP contribution in [0.2, 0.25) is 0 Å². The van der Waals surface area contributed by atoms with Crippen LogP contribution in [0, 0.1) is 0 Å². The number of rotatable bonds is 4. The minimum atomic E-state index is -4.98. The van der Waals surface area contributed by atoms with Crippen molar-refractivity contribution in [2.24, 2.45) is 0 Å². The normalized spacial score (nSPS) is 11.5. The molecule has 3 aromatic rings. The molecule has 134 valence electrons. The first-order valence-electron chi connectivity index (χ1n) is 7.50. The Hall–Kier alpha value is -2.61. The monoisotopic (exact) mass is 424 g/mol. The van der Waals surface area contributed by atoms with E-state index in [4.69, 9.17) is 0 Å². The van der Waals surface area contributed by atoms with Crippen molar-refractivity contribution >= 4 is 44.2 Å². The maximum Gasteiger partial charge on any atom is 0.454 e. The molecule has 1 aromatic heterocycles. The molecule has 0 fully saturated rings. The standard InChI is InChI=1S/C18H12BrF3N2O2/c19-11-5-7-12(8-6-11)23-16(25)10-24-9-14(17(26)18(20,21)22)13-3-1-2-4-15(13)24/h1-9H,10H2,(H,23,25). The number of hydrogen-bond donors (Lipinski definition) is 1. The van der Waals surface area contributed by atoms with Crippen LogP contribution in [0.25, 0.3) is 10.9 Å². The Labute approximate surface area is 154 Å². The van der Waals surface area contributed by atoms with Crippen molar-refractivity contribution < 1.29 is 22.8 Å². The van der Waals surface area contributed by atoms with E-state index in [2.05, 4.69) is 21.2 Å². The van der Waals surface area contributed by atoms with Crippen LogP contribution in [0.1, 0.15) is 10.4 Å². The van der Waals surface area contributed by atoms with Crippen LogP contribution in [-0.2, 0) is 11.3 Å². The van der Waals surface area contributed by atoms with Gasteiger partial charge in [0.25, 0.3) is 5.78 Å². The number of benzene rings is 2.